The molecule has 3 nitrogen and oxygen atoms in total. The number of furan rings is 1. The van der Waals surface area contributed by atoms with E-state index in [1.54, 1.807) is 6.26 Å². The largest absolute Gasteiger partial charge is 0.467 e. The molecule has 19 heavy (non-hydrogen) atoms. The molecule has 0 radical (unpaired) electrons. The molecule has 1 fully saturated rings. The van der Waals surface area contributed by atoms with E-state index < -0.39 is 6.10 Å². The molecule has 1 aliphatic carbocycles. The molecular formula is C16H19NO2. The summed E-state index contributed by atoms with van der Waals surface area (Å²) in [6, 6.07) is 12.6. The third kappa shape index (κ3) is 2.66. The lowest BCUT2D eigenvalue weighted by Gasteiger charge is -2.27. The zero-order valence-electron chi connectivity index (χ0n) is 11.1. The Morgan fingerprint density at radius 1 is 1.26 bits per heavy atom. The summed E-state index contributed by atoms with van der Waals surface area (Å²) in [5.74, 6) is 0.965. The number of hydrogen-bond donors (Lipinski definition) is 1. The monoisotopic (exact) mass is 257 g/mol. The van der Waals surface area contributed by atoms with Crippen LogP contribution in [0.1, 0.15) is 37.2 Å². The molecule has 1 heterocycles. The molecule has 0 saturated heterocycles. The van der Waals surface area contributed by atoms with Crippen molar-refractivity contribution in [3.05, 3.63) is 54.0 Å². The average Bonchev–Trinajstić information content (AvgIpc) is 3.13. The van der Waals surface area contributed by atoms with E-state index in [1.807, 2.05) is 37.3 Å². The van der Waals surface area contributed by atoms with Gasteiger partial charge in [-0.3, -0.25) is 0 Å². The van der Waals surface area contributed by atoms with Crippen LogP contribution in [0.3, 0.4) is 0 Å². The summed E-state index contributed by atoms with van der Waals surface area (Å²) in [4.78, 5) is 2.35. The van der Waals surface area contributed by atoms with E-state index >= 15 is 0 Å². The molecule has 1 aromatic heterocycles. The number of para-hydroxylation sites is 1. The van der Waals surface area contributed by atoms with Crippen LogP contribution >= 0.6 is 0 Å². The quantitative estimate of drug-likeness (QED) is 0.890. The third-order valence-corrected chi connectivity index (χ3v) is 3.59. The lowest BCUT2D eigenvalue weighted by Crippen LogP contribution is -2.26. The Labute approximate surface area is 113 Å². The normalized spacial score (nSPS) is 16.3. The lowest BCUT2D eigenvalue weighted by atomic mass is 10.1. The van der Waals surface area contributed by atoms with Crippen LogP contribution in [0.5, 0.6) is 0 Å². The molecule has 2 aromatic rings. The van der Waals surface area contributed by atoms with Gasteiger partial charge in [0.15, 0.2) is 0 Å². The van der Waals surface area contributed by atoms with E-state index in [9.17, 15) is 5.11 Å². The number of benzene rings is 1. The molecule has 1 N–H and O–H groups in total. The van der Waals surface area contributed by atoms with Crippen LogP contribution in [0, 0.1) is 0 Å². The smallest absolute Gasteiger partial charge is 0.123 e. The van der Waals surface area contributed by atoms with Crippen molar-refractivity contribution in [2.24, 2.45) is 0 Å². The van der Waals surface area contributed by atoms with Gasteiger partial charge in [-0.2, -0.15) is 0 Å². The highest BCUT2D eigenvalue weighted by molar-refractivity contribution is 5.56. The molecule has 0 unspecified atom stereocenters. The highest BCUT2D eigenvalue weighted by Crippen LogP contribution is 2.36. The Hall–Kier alpha value is -1.74. The average molecular weight is 257 g/mol. The SMILES string of the molecule is C[C@@H](O)c1ccccc1N(Cc1ccco1)C1CC1. The van der Waals surface area contributed by atoms with Crippen molar-refractivity contribution in [1.29, 1.82) is 0 Å². The minimum Gasteiger partial charge on any atom is -0.467 e. The van der Waals surface area contributed by atoms with Crippen LogP contribution in [0.2, 0.25) is 0 Å². The molecule has 0 amide bonds. The summed E-state index contributed by atoms with van der Waals surface area (Å²) in [6.07, 6.45) is 3.69. The number of rotatable bonds is 5. The minimum atomic E-state index is -0.450. The van der Waals surface area contributed by atoms with Crippen molar-refractivity contribution in [3.63, 3.8) is 0 Å². The van der Waals surface area contributed by atoms with Crippen molar-refractivity contribution >= 4 is 5.69 Å². The van der Waals surface area contributed by atoms with Gasteiger partial charge in [-0.25, -0.2) is 0 Å². The van der Waals surface area contributed by atoms with Crippen LogP contribution in [0.25, 0.3) is 0 Å². The molecule has 100 valence electrons. The zero-order chi connectivity index (χ0) is 13.2. The predicted molar refractivity (Wildman–Crippen MR) is 75.0 cm³/mol. The van der Waals surface area contributed by atoms with E-state index in [0.717, 1.165) is 23.6 Å². The lowest BCUT2D eigenvalue weighted by molar-refractivity contribution is 0.199. The fraction of sp³-hybridized carbons (Fsp3) is 0.375. The Kier molecular flexibility index (Phi) is 3.30. The van der Waals surface area contributed by atoms with Gasteiger partial charge in [-0.15, -0.1) is 0 Å². The second-order valence-electron chi connectivity index (χ2n) is 5.17. The molecule has 3 rings (SSSR count). The van der Waals surface area contributed by atoms with E-state index in [1.165, 1.54) is 12.8 Å². The van der Waals surface area contributed by atoms with E-state index in [4.69, 9.17) is 4.42 Å². The number of hydrogen-bond acceptors (Lipinski definition) is 3. The Bertz CT molecular complexity index is 529. The molecule has 0 bridgehead atoms. The van der Waals surface area contributed by atoms with Crippen molar-refractivity contribution in [1.82, 2.24) is 0 Å². The first-order valence-electron chi connectivity index (χ1n) is 6.81. The number of anilines is 1. The first-order valence-corrected chi connectivity index (χ1v) is 6.81. The molecule has 1 aromatic carbocycles. The van der Waals surface area contributed by atoms with Crippen LogP contribution in [-0.4, -0.2) is 11.1 Å². The van der Waals surface area contributed by atoms with Crippen molar-refractivity contribution in [2.75, 3.05) is 4.90 Å². The van der Waals surface area contributed by atoms with Gasteiger partial charge < -0.3 is 14.4 Å². The van der Waals surface area contributed by atoms with Gasteiger partial charge in [0, 0.05) is 17.3 Å². The highest BCUT2D eigenvalue weighted by atomic mass is 16.3. The number of aliphatic hydroxyl groups is 1. The Morgan fingerprint density at radius 3 is 2.68 bits per heavy atom. The molecule has 0 spiro atoms. The van der Waals surface area contributed by atoms with E-state index in [2.05, 4.69) is 11.0 Å². The molecule has 1 aliphatic rings. The summed E-state index contributed by atoms with van der Waals surface area (Å²) < 4.78 is 5.46. The van der Waals surface area contributed by atoms with Crippen molar-refractivity contribution in [3.8, 4) is 0 Å². The fourth-order valence-corrected chi connectivity index (χ4v) is 2.47. The highest BCUT2D eigenvalue weighted by Gasteiger charge is 2.31. The van der Waals surface area contributed by atoms with Gasteiger partial charge in [0.25, 0.3) is 0 Å². The maximum absolute atomic E-state index is 9.93. The zero-order valence-corrected chi connectivity index (χ0v) is 11.1. The standard InChI is InChI=1S/C16H19NO2/c1-12(18)15-6-2-3-7-16(15)17(13-8-9-13)11-14-5-4-10-19-14/h2-7,10,12-13,18H,8-9,11H2,1H3/t12-/m1/s1. The summed E-state index contributed by atoms with van der Waals surface area (Å²) >= 11 is 0. The van der Waals surface area contributed by atoms with Gasteiger partial charge in [0.05, 0.1) is 18.9 Å². The summed E-state index contributed by atoms with van der Waals surface area (Å²) in [6.45, 7) is 2.58. The van der Waals surface area contributed by atoms with E-state index in [-0.39, 0.29) is 0 Å². The maximum atomic E-state index is 9.93. The second kappa shape index (κ2) is 5.10. The molecule has 0 aliphatic heterocycles. The second-order valence-corrected chi connectivity index (χ2v) is 5.17. The first kappa shape index (κ1) is 12.3. The summed E-state index contributed by atoms with van der Waals surface area (Å²) in [5.41, 5.74) is 2.11. The van der Waals surface area contributed by atoms with Crippen LogP contribution in [-0.2, 0) is 6.54 Å². The van der Waals surface area contributed by atoms with Crippen LogP contribution in [0.4, 0.5) is 5.69 Å². The topological polar surface area (TPSA) is 36.6 Å². The minimum absolute atomic E-state index is 0.450. The van der Waals surface area contributed by atoms with Gasteiger partial charge in [-0.1, -0.05) is 18.2 Å². The molecule has 1 saturated carbocycles. The van der Waals surface area contributed by atoms with E-state index in [0.29, 0.717) is 6.04 Å². The van der Waals surface area contributed by atoms with Crippen molar-refractivity contribution in [2.45, 2.75) is 38.5 Å². The Balaban J connectivity index is 1.92. The number of aliphatic hydroxyl groups excluding tert-OH is 1. The summed E-state index contributed by atoms with van der Waals surface area (Å²) in [5, 5.41) is 9.93. The first-order chi connectivity index (χ1) is 9.25. The maximum Gasteiger partial charge on any atom is 0.123 e. The Morgan fingerprint density at radius 2 is 2.05 bits per heavy atom. The molecular weight excluding hydrogens is 238 g/mol. The third-order valence-electron chi connectivity index (χ3n) is 3.59. The van der Waals surface area contributed by atoms with Gasteiger partial charge >= 0.3 is 0 Å². The van der Waals surface area contributed by atoms with Gasteiger partial charge in [-0.05, 0) is 38.0 Å². The van der Waals surface area contributed by atoms with Crippen molar-refractivity contribution < 1.29 is 9.52 Å². The van der Waals surface area contributed by atoms with Gasteiger partial charge in [0.1, 0.15) is 5.76 Å². The number of nitrogens with zero attached hydrogens (tertiary/aromatic N) is 1. The predicted octanol–water partition coefficient (Wildman–Crippen LogP) is 3.50. The fourth-order valence-electron chi connectivity index (χ4n) is 2.47. The summed E-state index contributed by atoms with van der Waals surface area (Å²) in [7, 11) is 0. The molecule has 1 atom stereocenters. The van der Waals surface area contributed by atoms with Crippen LogP contribution < -0.4 is 4.90 Å². The van der Waals surface area contributed by atoms with Crippen LogP contribution in [0.15, 0.2) is 47.1 Å². The van der Waals surface area contributed by atoms with Gasteiger partial charge in [0.2, 0.25) is 0 Å². The molecule has 3 heteroatoms.